The van der Waals surface area contributed by atoms with Crippen LogP contribution < -0.4 is 0 Å². The van der Waals surface area contributed by atoms with Crippen LogP contribution in [0.4, 0.5) is 0 Å². The van der Waals surface area contributed by atoms with E-state index in [1.165, 1.54) is 0 Å². The number of carboxylic acids is 1. The molecule has 0 saturated heterocycles. The zero-order valence-electron chi connectivity index (χ0n) is 26.0. The third kappa shape index (κ3) is 3.73. The Morgan fingerprint density at radius 3 is 2.30 bits per heavy atom. The molecule has 3 N–H and O–H groups in total. The van der Waals surface area contributed by atoms with Gasteiger partial charge < -0.3 is 20.1 Å². The number of aliphatic hydroxyl groups excluding tert-OH is 1. The summed E-state index contributed by atoms with van der Waals surface area (Å²) in [5, 5.41) is 33.9. The minimum atomic E-state index is -1.11. The summed E-state index contributed by atoms with van der Waals surface area (Å²) in [4.78, 5) is 25.6. The quantitative estimate of drug-likeness (QED) is 0.269. The highest BCUT2D eigenvalue weighted by Gasteiger charge is 2.71. The largest absolute Gasteiger partial charge is 0.481 e. The minimum Gasteiger partial charge on any atom is -0.481 e. The lowest BCUT2D eigenvalue weighted by Gasteiger charge is -2.71. The van der Waals surface area contributed by atoms with Crippen molar-refractivity contribution < 1.29 is 29.6 Å². The van der Waals surface area contributed by atoms with E-state index >= 15 is 0 Å². The number of hydrogen-bond donors (Lipinski definition) is 3. The Kier molecular flexibility index (Phi) is 6.83. The molecule has 224 valence electrons. The Hall–Kier alpha value is -1.66. The van der Waals surface area contributed by atoms with Gasteiger partial charge in [0.25, 0.3) is 0 Å². The fraction of sp³-hybridized carbons (Fsp3) is 0.824. The van der Waals surface area contributed by atoms with E-state index in [0.717, 1.165) is 24.8 Å². The zero-order valence-corrected chi connectivity index (χ0v) is 26.0. The lowest BCUT2D eigenvalue weighted by Crippen LogP contribution is -2.67. The SMILES string of the molecule is CC(C)C(=O)OC1=C[C@@]2(CO)C(CC[C@]3(C)C2CC=C2C4[C@](C(=O)O)(CC[C@@H](C)[C@@]4(C)O)CC[C@]23C)C(C)(C)C1. The van der Waals surface area contributed by atoms with Crippen molar-refractivity contribution in [3.63, 3.8) is 0 Å². The summed E-state index contributed by atoms with van der Waals surface area (Å²) in [7, 11) is 0. The summed E-state index contributed by atoms with van der Waals surface area (Å²) in [6.45, 7) is 16.8. The molecular weight excluding hydrogens is 504 g/mol. The first-order valence-electron chi connectivity index (χ1n) is 15.6. The lowest BCUT2D eigenvalue weighted by atomic mass is 9.33. The number of aliphatic carboxylic acids is 1. The van der Waals surface area contributed by atoms with Crippen LogP contribution in [-0.2, 0) is 14.3 Å². The molecule has 3 unspecified atom stereocenters. The summed E-state index contributed by atoms with van der Waals surface area (Å²) >= 11 is 0. The monoisotopic (exact) mass is 556 g/mol. The highest BCUT2D eigenvalue weighted by atomic mass is 16.5. The Bertz CT molecular complexity index is 1150. The van der Waals surface area contributed by atoms with Crippen LogP contribution in [0.1, 0.15) is 107 Å². The zero-order chi connectivity index (χ0) is 29.7. The number of carbonyl (C=O) groups excluding carboxylic acids is 1. The molecular formula is C34H52O6. The van der Waals surface area contributed by atoms with Crippen molar-refractivity contribution in [2.45, 2.75) is 112 Å². The molecule has 0 radical (unpaired) electrons. The minimum absolute atomic E-state index is 0.0125. The molecule has 0 bridgehead atoms. The first kappa shape index (κ1) is 29.8. The van der Waals surface area contributed by atoms with Crippen LogP contribution in [0.3, 0.4) is 0 Å². The molecule has 0 spiro atoms. The highest BCUT2D eigenvalue weighted by Crippen LogP contribution is 2.75. The number of esters is 1. The molecule has 6 nitrogen and oxygen atoms in total. The van der Waals surface area contributed by atoms with E-state index in [1.54, 1.807) is 0 Å². The summed E-state index contributed by atoms with van der Waals surface area (Å²) < 4.78 is 5.96. The molecule has 5 aliphatic carbocycles. The average Bonchev–Trinajstić information content (AvgIpc) is 2.85. The van der Waals surface area contributed by atoms with E-state index in [9.17, 15) is 24.9 Å². The fourth-order valence-corrected chi connectivity index (χ4v) is 10.8. The molecule has 5 aliphatic rings. The van der Waals surface area contributed by atoms with E-state index in [2.05, 4.69) is 46.8 Å². The normalized spacial score (nSPS) is 47.6. The average molecular weight is 557 g/mol. The smallest absolute Gasteiger partial charge is 0.313 e. The molecule has 0 aromatic rings. The van der Waals surface area contributed by atoms with E-state index in [-0.39, 0.29) is 52.5 Å². The number of aliphatic hydroxyl groups is 2. The standard InChI is InChI=1S/C34H52O6/c1-20(2)27(36)40-22-17-29(4,5)24-12-13-31(7)25(34(24,18-22)19-35)10-9-23-26-32(8,39)21(3)11-14-33(26,28(37)38)16-15-30(23,31)6/h9,18,20-21,24-26,35,39H,10-17,19H2,1-8H3,(H,37,38)/t21-,24?,25?,26?,30-,31-,32-,33+,34-/m1/s1. The van der Waals surface area contributed by atoms with Gasteiger partial charge in [-0.3, -0.25) is 9.59 Å². The predicted molar refractivity (Wildman–Crippen MR) is 154 cm³/mol. The Labute approximate surface area is 240 Å². The van der Waals surface area contributed by atoms with Crippen LogP contribution in [0.25, 0.3) is 0 Å². The highest BCUT2D eigenvalue weighted by molar-refractivity contribution is 5.77. The second-order valence-electron chi connectivity index (χ2n) is 16.0. The molecule has 3 fully saturated rings. The van der Waals surface area contributed by atoms with Gasteiger partial charge in [-0.15, -0.1) is 0 Å². The van der Waals surface area contributed by atoms with E-state index in [0.29, 0.717) is 37.9 Å². The first-order valence-corrected chi connectivity index (χ1v) is 15.6. The Balaban J connectivity index is 1.66. The number of fused-ring (bicyclic) bond motifs is 7. The molecule has 0 aromatic heterocycles. The van der Waals surface area contributed by atoms with Gasteiger partial charge in [-0.2, -0.15) is 0 Å². The number of hydrogen-bond acceptors (Lipinski definition) is 5. The maximum atomic E-state index is 13.0. The summed E-state index contributed by atoms with van der Waals surface area (Å²) in [5.41, 5.74) is -2.13. The summed E-state index contributed by atoms with van der Waals surface area (Å²) in [6.07, 6.45) is 10.3. The first-order chi connectivity index (χ1) is 18.4. The van der Waals surface area contributed by atoms with Crippen molar-refractivity contribution in [2.24, 2.45) is 56.7 Å². The molecule has 40 heavy (non-hydrogen) atoms. The van der Waals surface area contributed by atoms with Gasteiger partial charge in [0.15, 0.2) is 0 Å². The van der Waals surface area contributed by atoms with Gasteiger partial charge in [0, 0.05) is 17.8 Å². The van der Waals surface area contributed by atoms with Crippen molar-refractivity contribution in [3.8, 4) is 0 Å². The van der Waals surface area contributed by atoms with Crippen LogP contribution in [0.2, 0.25) is 0 Å². The van der Waals surface area contributed by atoms with Crippen LogP contribution in [-0.4, -0.2) is 39.5 Å². The number of carboxylic acid groups (broad SMARTS) is 1. The molecule has 0 amide bonds. The van der Waals surface area contributed by atoms with Crippen LogP contribution in [0.5, 0.6) is 0 Å². The fourth-order valence-electron chi connectivity index (χ4n) is 10.8. The van der Waals surface area contributed by atoms with Crippen LogP contribution in [0.15, 0.2) is 23.5 Å². The maximum absolute atomic E-state index is 13.0. The predicted octanol–water partition coefficient (Wildman–Crippen LogP) is 6.51. The molecule has 6 heteroatoms. The van der Waals surface area contributed by atoms with E-state index in [4.69, 9.17) is 4.74 Å². The molecule has 9 atom stereocenters. The van der Waals surface area contributed by atoms with Gasteiger partial charge in [-0.25, -0.2) is 0 Å². The number of allylic oxidation sites excluding steroid dienone is 2. The molecule has 3 saturated carbocycles. The second kappa shape index (κ2) is 9.17. The van der Waals surface area contributed by atoms with E-state index < -0.39 is 28.3 Å². The van der Waals surface area contributed by atoms with Crippen molar-refractivity contribution in [3.05, 3.63) is 23.5 Å². The van der Waals surface area contributed by atoms with Crippen LogP contribution >= 0.6 is 0 Å². The van der Waals surface area contributed by atoms with Gasteiger partial charge in [-0.05, 0) is 91.9 Å². The van der Waals surface area contributed by atoms with Gasteiger partial charge in [0.1, 0.15) is 5.76 Å². The van der Waals surface area contributed by atoms with Crippen molar-refractivity contribution >= 4 is 11.9 Å². The summed E-state index contributed by atoms with van der Waals surface area (Å²) in [6, 6.07) is 0. The Morgan fingerprint density at radius 1 is 1.02 bits per heavy atom. The molecule has 0 aromatic carbocycles. The van der Waals surface area contributed by atoms with Crippen molar-refractivity contribution in [2.75, 3.05) is 6.61 Å². The van der Waals surface area contributed by atoms with Gasteiger partial charge >= 0.3 is 11.9 Å². The number of rotatable bonds is 4. The Morgan fingerprint density at radius 2 is 1.70 bits per heavy atom. The second-order valence-corrected chi connectivity index (χ2v) is 16.0. The number of carbonyl (C=O) groups is 2. The lowest BCUT2D eigenvalue weighted by molar-refractivity contribution is -0.204. The van der Waals surface area contributed by atoms with Gasteiger partial charge in [0.05, 0.1) is 23.5 Å². The van der Waals surface area contributed by atoms with Crippen molar-refractivity contribution in [1.29, 1.82) is 0 Å². The third-order valence-electron chi connectivity index (χ3n) is 13.4. The molecule has 5 rings (SSSR count). The molecule has 0 aliphatic heterocycles. The number of ether oxygens (including phenoxy) is 1. The maximum Gasteiger partial charge on any atom is 0.313 e. The summed E-state index contributed by atoms with van der Waals surface area (Å²) in [5.74, 6) is -0.642. The third-order valence-corrected chi connectivity index (χ3v) is 13.4. The van der Waals surface area contributed by atoms with E-state index in [1.807, 2.05) is 20.8 Å². The topological polar surface area (TPSA) is 104 Å². The van der Waals surface area contributed by atoms with Crippen LogP contribution in [0, 0.1) is 56.7 Å². The van der Waals surface area contributed by atoms with Crippen molar-refractivity contribution in [1.82, 2.24) is 0 Å². The van der Waals surface area contributed by atoms with Gasteiger partial charge in [-0.1, -0.05) is 60.1 Å². The van der Waals surface area contributed by atoms with Gasteiger partial charge in [0.2, 0.25) is 0 Å². The molecule has 0 heterocycles.